The first-order chi connectivity index (χ1) is 9.32. The number of hydrogen-bond donors (Lipinski definition) is 0. The minimum atomic E-state index is -4.76. The highest BCUT2D eigenvalue weighted by Crippen LogP contribution is 2.33. The number of aromatic nitrogens is 3. The van der Waals surface area contributed by atoms with Crippen LogP contribution in [0.2, 0.25) is 0 Å². The van der Waals surface area contributed by atoms with E-state index in [1.807, 2.05) is 0 Å². The molecule has 1 heterocycles. The number of benzene rings is 1. The molecule has 4 nitrogen and oxygen atoms in total. The van der Waals surface area contributed by atoms with Crippen LogP contribution in [-0.2, 0) is 24.6 Å². The van der Waals surface area contributed by atoms with Gasteiger partial charge in [0.1, 0.15) is 12.4 Å². The van der Waals surface area contributed by atoms with Crippen molar-refractivity contribution in [3.05, 3.63) is 35.4 Å². The van der Waals surface area contributed by atoms with Crippen LogP contribution in [0, 0.1) is 5.82 Å². The lowest BCUT2D eigenvalue weighted by atomic mass is 10.1. The van der Waals surface area contributed by atoms with Gasteiger partial charge in [0.2, 0.25) is 0 Å². The quantitative estimate of drug-likeness (QED) is 0.816. The van der Waals surface area contributed by atoms with Crippen molar-refractivity contribution in [2.45, 2.75) is 12.8 Å². The maximum absolute atomic E-state index is 13.2. The number of rotatable bonds is 3. The second-order valence-corrected chi connectivity index (χ2v) is 4.10. The normalized spacial score (nSPS) is 11.9. The van der Waals surface area contributed by atoms with Gasteiger partial charge in [-0.3, -0.25) is 4.68 Å². The molecule has 0 fully saturated rings. The molecule has 0 radical (unpaired) electrons. The van der Waals surface area contributed by atoms with Gasteiger partial charge in [-0.2, -0.15) is 18.3 Å². The number of nitrogens with zero attached hydrogens (tertiary/aromatic N) is 3. The third-order valence-corrected chi connectivity index (χ3v) is 2.66. The maximum Gasteiger partial charge on any atom is 0.419 e. The van der Waals surface area contributed by atoms with Gasteiger partial charge in [-0.05, 0) is 18.2 Å². The summed E-state index contributed by atoms with van der Waals surface area (Å²) in [7, 11) is 3.06. The second-order valence-electron chi connectivity index (χ2n) is 4.10. The fourth-order valence-electron chi connectivity index (χ4n) is 1.68. The van der Waals surface area contributed by atoms with E-state index in [2.05, 4.69) is 10.1 Å². The zero-order chi connectivity index (χ0) is 14.9. The Balaban J connectivity index is 2.46. The fraction of sp³-hybridized carbons (Fsp3) is 0.333. The summed E-state index contributed by atoms with van der Waals surface area (Å²) >= 11 is 0. The summed E-state index contributed by atoms with van der Waals surface area (Å²) in [5.41, 5.74) is -1.24. The molecule has 1 aromatic carbocycles. The van der Waals surface area contributed by atoms with E-state index < -0.39 is 17.6 Å². The molecule has 1 aromatic heterocycles. The van der Waals surface area contributed by atoms with Gasteiger partial charge in [0, 0.05) is 19.7 Å². The fourth-order valence-corrected chi connectivity index (χ4v) is 1.68. The van der Waals surface area contributed by atoms with Crippen molar-refractivity contribution in [3.63, 3.8) is 0 Å². The molecular weight excluding hydrogens is 278 g/mol. The summed E-state index contributed by atoms with van der Waals surface area (Å²) in [6, 6.07) is 2.66. The van der Waals surface area contributed by atoms with Gasteiger partial charge < -0.3 is 4.74 Å². The highest BCUT2D eigenvalue weighted by atomic mass is 19.4. The average molecular weight is 289 g/mol. The smallest absolute Gasteiger partial charge is 0.377 e. The Morgan fingerprint density at radius 1 is 1.30 bits per heavy atom. The summed E-state index contributed by atoms with van der Waals surface area (Å²) in [6.07, 6.45) is -4.76. The van der Waals surface area contributed by atoms with Crippen molar-refractivity contribution in [2.75, 3.05) is 7.11 Å². The Morgan fingerprint density at radius 3 is 2.60 bits per heavy atom. The lowest BCUT2D eigenvalue weighted by Crippen LogP contribution is -2.08. The van der Waals surface area contributed by atoms with E-state index in [0.717, 1.165) is 6.07 Å². The van der Waals surface area contributed by atoms with Crippen molar-refractivity contribution in [1.29, 1.82) is 0 Å². The molecule has 0 aliphatic heterocycles. The average Bonchev–Trinajstić information content (AvgIpc) is 2.70. The van der Waals surface area contributed by atoms with Crippen molar-refractivity contribution < 1.29 is 22.3 Å². The van der Waals surface area contributed by atoms with E-state index in [4.69, 9.17) is 4.74 Å². The lowest BCUT2D eigenvalue weighted by molar-refractivity contribution is -0.139. The first-order valence-electron chi connectivity index (χ1n) is 5.59. The van der Waals surface area contributed by atoms with Crippen molar-refractivity contribution in [1.82, 2.24) is 14.8 Å². The Hall–Kier alpha value is -1.96. The van der Waals surface area contributed by atoms with Crippen LogP contribution in [0.5, 0.6) is 0 Å². The molecule has 0 N–H and O–H groups in total. The van der Waals surface area contributed by atoms with E-state index in [0.29, 0.717) is 11.9 Å². The first kappa shape index (κ1) is 14.4. The molecule has 108 valence electrons. The highest BCUT2D eigenvalue weighted by molar-refractivity contribution is 5.56. The summed E-state index contributed by atoms with van der Waals surface area (Å²) in [5.74, 6) is -0.778. The zero-order valence-corrected chi connectivity index (χ0v) is 10.7. The highest BCUT2D eigenvalue weighted by Gasteiger charge is 2.34. The minimum Gasteiger partial charge on any atom is -0.377 e. The Kier molecular flexibility index (Phi) is 3.76. The van der Waals surface area contributed by atoms with Crippen molar-refractivity contribution >= 4 is 0 Å². The molecule has 0 saturated carbocycles. The van der Waals surface area contributed by atoms with E-state index in [1.165, 1.54) is 17.9 Å². The number of methoxy groups -OCH3 is 1. The molecule has 0 bridgehead atoms. The van der Waals surface area contributed by atoms with Gasteiger partial charge in [-0.25, -0.2) is 9.37 Å². The molecule has 2 rings (SSSR count). The van der Waals surface area contributed by atoms with Crippen LogP contribution in [0.15, 0.2) is 18.2 Å². The number of hydrogen-bond acceptors (Lipinski definition) is 3. The number of ether oxygens (including phenoxy) is 1. The second kappa shape index (κ2) is 5.20. The SMILES string of the molecule is COCc1nc(-c2ccc(F)c(C(F)(F)F)c2)nn1C. The Morgan fingerprint density at radius 2 is 2.00 bits per heavy atom. The summed E-state index contributed by atoms with van der Waals surface area (Å²) in [5, 5.41) is 3.99. The molecule has 0 atom stereocenters. The van der Waals surface area contributed by atoms with E-state index in [1.54, 1.807) is 7.05 Å². The van der Waals surface area contributed by atoms with Gasteiger partial charge in [-0.1, -0.05) is 0 Å². The number of halogens is 4. The van der Waals surface area contributed by atoms with Crippen molar-refractivity contribution in [3.8, 4) is 11.4 Å². The topological polar surface area (TPSA) is 39.9 Å². The van der Waals surface area contributed by atoms with Gasteiger partial charge in [0.25, 0.3) is 0 Å². The minimum absolute atomic E-state index is 0.0880. The monoisotopic (exact) mass is 289 g/mol. The van der Waals surface area contributed by atoms with Crippen LogP contribution in [0.3, 0.4) is 0 Å². The van der Waals surface area contributed by atoms with Gasteiger partial charge in [-0.15, -0.1) is 0 Å². The maximum atomic E-state index is 13.2. The Labute approximate surface area is 112 Å². The number of aryl methyl sites for hydroxylation is 1. The molecule has 20 heavy (non-hydrogen) atoms. The summed E-state index contributed by atoms with van der Waals surface area (Å²) in [6.45, 7) is 0.177. The molecule has 2 aromatic rings. The van der Waals surface area contributed by atoms with Crippen LogP contribution in [0.25, 0.3) is 11.4 Å². The molecule has 0 aliphatic carbocycles. The van der Waals surface area contributed by atoms with Crippen LogP contribution in [-0.4, -0.2) is 21.9 Å². The molecular formula is C12H11F4N3O. The van der Waals surface area contributed by atoms with Crippen LogP contribution < -0.4 is 0 Å². The predicted octanol–water partition coefficient (Wildman–Crippen LogP) is 2.79. The van der Waals surface area contributed by atoms with Crippen molar-refractivity contribution in [2.24, 2.45) is 7.05 Å². The predicted molar refractivity (Wildman–Crippen MR) is 62.1 cm³/mol. The van der Waals surface area contributed by atoms with Gasteiger partial charge in [0.15, 0.2) is 11.6 Å². The molecule has 0 unspecified atom stereocenters. The first-order valence-corrected chi connectivity index (χ1v) is 5.59. The standard InChI is InChI=1S/C12H11F4N3O/c1-19-10(6-20-2)17-11(18-19)7-3-4-9(13)8(5-7)12(14,15)16/h3-5H,6H2,1-2H3. The lowest BCUT2D eigenvalue weighted by Gasteiger charge is -2.08. The van der Waals surface area contributed by atoms with E-state index in [-0.39, 0.29) is 18.0 Å². The van der Waals surface area contributed by atoms with E-state index in [9.17, 15) is 17.6 Å². The molecule has 8 heteroatoms. The molecule has 0 amide bonds. The largest absolute Gasteiger partial charge is 0.419 e. The van der Waals surface area contributed by atoms with Crippen LogP contribution >= 0.6 is 0 Å². The molecule has 0 saturated heterocycles. The third kappa shape index (κ3) is 2.79. The van der Waals surface area contributed by atoms with Gasteiger partial charge in [0.05, 0.1) is 5.56 Å². The number of alkyl halides is 3. The molecule has 0 spiro atoms. The third-order valence-electron chi connectivity index (χ3n) is 2.66. The van der Waals surface area contributed by atoms with E-state index >= 15 is 0 Å². The van der Waals surface area contributed by atoms with Crippen LogP contribution in [0.4, 0.5) is 17.6 Å². The summed E-state index contributed by atoms with van der Waals surface area (Å²) < 4.78 is 57.4. The van der Waals surface area contributed by atoms with Crippen LogP contribution in [0.1, 0.15) is 11.4 Å². The zero-order valence-electron chi connectivity index (χ0n) is 10.7. The Bertz CT molecular complexity index is 622. The summed E-state index contributed by atoms with van der Waals surface area (Å²) in [4.78, 5) is 4.06. The molecule has 0 aliphatic rings. The van der Waals surface area contributed by atoms with Gasteiger partial charge >= 0.3 is 6.18 Å².